The van der Waals surface area contributed by atoms with Crippen LogP contribution in [0.3, 0.4) is 0 Å². The molecule has 0 saturated heterocycles. The molecule has 1 aliphatic heterocycles. The fourth-order valence-corrected chi connectivity index (χ4v) is 1.77. The molecule has 1 heterocycles. The van der Waals surface area contributed by atoms with E-state index < -0.39 is 0 Å². The van der Waals surface area contributed by atoms with Crippen molar-refractivity contribution in [1.82, 2.24) is 10.6 Å². The summed E-state index contributed by atoms with van der Waals surface area (Å²) in [6.07, 6.45) is 4.27. The lowest BCUT2D eigenvalue weighted by molar-refractivity contribution is 0.153. The molecule has 0 unspecified atom stereocenters. The minimum Gasteiger partial charge on any atom is -0.377 e. The average Bonchev–Trinajstić information content (AvgIpc) is 2.28. The molecule has 19 heavy (non-hydrogen) atoms. The van der Waals surface area contributed by atoms with E-state index in [4.69, 9.17) is 4.74 Å². The minimum absolute atomic E-state index is 0. The molecule has 0 fully saturated rings. The van der Waals surface area contributed by atoms with E-state index in [0.29, 0.717) is 0 Å². The summed E-state index contributed by atoms with van der Waals surface area (Å²) < 4.78 is 5.29. The summed E-state index contributed by atoms with van der Waals surface area (Å²) >= 11 is 0. The third kappa shape index (κ3) is 9.27. The molecular formula is C14H28IN3O. The molecule has 2 N–H and O–H groups in total. The van der Waals surface area contributed by atoms with E-state index in [-0.39, 0.29) is 29.5 Å². The van der Waals surface area contributed by atoms with Crippen LogP contribution in [0.25, 0.3) is 0 Å². The topological polar surface area (TPSA) is 45.7 Å². The third-order valence-electron chi connectivity index (χ3n) is 2.60. The molecule has 112 valence electrons. The third-order valence-corrected chi connectivity index (χ3v) is 2.60. The number of guanidine groups is 1. The van der Waals surface area contributed by atoms with Crippen LogP contribution in [-0.4, -0.2) is 37.8 Å². The van der Waals surface area contributed by atoms with Gasteiger partial charge in [0.15, 0.2) is 5.96 Å². The molecule has 0 aromatic rings. The molecule has 0 aromatic heterocycles. The van der Waals surface area contributed by atoms with Crippen molar-refractivity contribution >= 4 is 29.9 Å². The van der Waals surface area contributed by atoms with Gasteiger partial charge in [-0.05, 0) is 40.5 Å². The molecule has 0 aromatic carbocycles. The van der Waals surface area contributed by atoms with Gasteiger partial charge in [0.1, 0.15) is 0 Å². The molecule has 0 radical (unpaired) electrons. The van der Waals surface area contributed by atoms with E-state index in [2.05, 4.69) is 49.4 Å². The van der Waals surface area contributed by atoms with Gasteiger partial charge in [-0.1, -0.05) is 11.6 Å². The molecule has 1 aliphatic rings. The van der Waals surface area contributed by atoms with Crippen molar-refractivity contribution in [2.75, 3.05) is 26.3 Å². The van der Waals surface area contributed by atoms with Gasteiger partial charge in [0.2, 0.25) is 0 Å². The summed E-state index contributed by atoms with van der Waals surface area (Å²) in [5, 5.41) is 6.66. The molecule has 0 amide bonds. The summed E-state index contributed by atoms with van der Waals surface area (Å²) in [6.45, 7) is 11.8. The summed E-state index contributed by atoms with van der Waals surface area (Å²) in [6, 6.07) is 0. The number of nitrogens with one attached hydrogen (secondary N) is 2. The van der Waals surface area contributed by atoms with Crippen LogP contribution in [0.4, 0.5) is 0 Å². The molecule has 0 aliphatic carbocycles. The van der Waals surface area contributed by atoms with E-state index in [1.807, 2.05) is 0 Å². The highest BCUT2D eigenvalue weighted by atomic mass is 127. The highest BCUT2D eigenvalue weighted by Gasteiger charge is 2.11. The molecule has 1 rings (SSSR count). The Morgan fingerprint density at radius 2 is 2.16 bits per heavy atom. The van der Waals surface area contributed by atoms with Crippen LogP contribution in [0.15, 0.2) is 16.6 Å². The maximum Gasteiger partial charge on any atom is 0.191 e. The SMILES string of the molecule is CCNC(=NCCC1=CCOCC1)NC(C)(C)C.I. The van der Waals surface area contributed by atoms with Crippen molar-refractivity contribution in [2.24, 2.45) is 4.99 Å². The fraction of sp³-hybridized carbons (Fsp3) is 0.786. The van der Waals surface area contributed by atoms with Crippen LogP contribution in [0.1, 0.15) is 40.5 Å². The van der Waals surface area contributed by atoms with Gasteiger partial charge >= 0.3 is 0 Å². The Morgan fingerprint density at radius 1 is 1.42 bits per heavy atom. The second-order valence-corrected chi connectivity index (χ2v) is 5.57. The van der Waals surface area contributed by atoms with Gasteiger partial charge < -0.3 is 15.4 Å². The Kier molecular flexibility index (Phi) is 9.43. The van der Waals surface area contributed by atoms with E-state index >= 15 is 0 Å². The van der Waals surface area contributed by atoms with Crippen molar-refractivity contribution < 1.29 is 4.74 Å². The number of hydrogen-bond acceptors (Lipinski definition) is 2. The average molecular weight is 381 g/mol. The van der Waals surface area contributed by atoms with Gasteiger partial charge in [-0.15, -0.1) is 24.0 Å². The zero-order valence-electron chi connectivity index (χ0n) is 12.6. The quantitative estimate of drug-likeness (QED) is 0.341. The van der Waals surface area contributed by atoms with Crippen molar-refractivity contribution in [3.05, 3.63) is 11.6 Å². The summed E-state index contributed by atoms with van der Waals surface area (Å²) in [4.78, 5) is 4.61. The van der Waals surface area contributed by atoms with E-state index in [9.17, 15) is 0 Å². The predicted octanol–water partition coefficient (Wildman–Crippen LogP) is 2.69. The monoisotopic (exact) mass is 381 g/mol. The lowest BCUT2D eigenvalue weighted by Gasteiger charge is -2.23. The number of nitrogens with zero attached hydrogens (tertiary/aromatic N) is 1. The van der Waals surface area contributed by atoms with Crippen LogP contribution in [0, 0.1) is 0 Å². The second-order valence-electron chi connectivity index (χ2n) is 5.57. The zero-order valence-corrected chi connectivity index (χ0v) is 14.9. The van der Waals surface area contributed by atoms with Gasteiger partial charge in [0.05, 0.1) is 13.2 Å². The lowest BCUT2D eigenvalue weighted by atomic mass is 10.1. The van der Waals surface area contributed by atoms with Crippen LogP contribution in [-0.2, 0) is 4.74 Å². The standard InChI is InChI=1S/C14H27N3O.HI/c1-5-15-13(17-14(2,3)4)16-9-6-12-7-10-18-11-8-12;/h7H,5-6,8-11H2,1-4H3,(H2,15,16,17);1H. The van der Waals surface area contributed by atoms with Gasteiger partial charge in [-0.2, -0.15) is 0 Å². The van der Waals surface area contributed by atoms with E-state index in [1.54, 1.807) is 0 Å². The summed E-state index contributed by atoms with van der Waals surface area (Å²) in [5.41, 5.74) is 1.51. The number of hydrogen-bond donors (Lipinski definition) is 2. The smallest absolute Gasteiger partial charge is 0.191 e. The van der Waals surface area contributed by atoms with Crippen LogP contribution >= 0.6 is 24.0 Å². The second kappa shape index (κ2) is 9.58. The van der Waals surface area contributed by atoms with Gasteiger partial charge in [0, 0.05) is 18.6 Å². The maximum atomic E-state index is 5.29. The normalized spacial score (nSPS) is 16.4. The lowest BCUT2D eigenvalue weighted by Crippen LogP contribution is -2.47. The zero-order chi connectivity index (χ0) is 13.4. The number of ether oxygens (including phenoxy) is 1. The van der Waals surface area contributed by atoms with Crippen LogP contribution < -0.4 is 10.6 Å². The molecule has 0 saturated carbocycles. The fourth-order valence-electron chi connectivity index (χ4n) is 1.77. The van der Waals surface area contributed by atoms with Gasteiger partial charge in [0.25, 0.3) is 0 Å². The maximum absolute atomic E-state index is 5.29. The number of halogens is 1. The summed E-state index contributed by atoms with van der Waals surface area (Å²) in [5.74, 6) is 0.901. The highest BCUT2D eigenvalue weighted by molar-refractivity contribution is 14.0. The Hall–Kier alpha value is -0.300. The molecular weight excluding hydrogens is 353 g/mol. The summed E-state index contributed by atoms with van der Waals surface area (Å²) in [7, 11) is 0. The predicted molar refractivity (Wildman–Crippen MR) is 92.4 cm³/mol. The van der Waals surface area contributed by atoms with Crippen LogP contribution in [0.5, 0.6) is 0 Å². The van der Waals surface area contributed by atoms with E-state index in [1.165, 1.54) is 5.57 Å². The highest BCUT2D eigenvalue weighted by Crippen LogP contribution is 2.11. The van der Waals surface area contributed by atoms with Crippen molar-refractivity contribution in [3.8, 4) is 0 Å². The van der Waals surface area contributed by atoms with E-state index in [0.717, 1.165) is 45.1 Å². The Bertz CT molecular complexity index is 308. The first-order valence-corrected chi connectivity index (χ1v) is 6.83. The van der Waals surface area contributed by atoms with Gasteiger partial charge in [-0.3, -0.25) is 4.99 Å². The van der Waals surface area contributed by atoms with Crippen molar-refractivity contribution in [2.45, 2.75) is 46.1 Å². The first-order valence-electron chi connectivity index (χ1n) is 6.83. The Morgan fingerprint density at radius 3 is 2.68 bits per heavy atom. The Balaban J connectivity index is 0.00000324. The molecule has 4 nitrogen and oxygen atoms in total. The number of rotatable bonds is 4. The molecule has 5 heteroatoms. The molecule has 0 bridgehead atoms. The first-order chi connectivity index (χ1) is 8.51. The number of aliphatic imine (C=N–C) groups is 1. The van der Waals surface area contributed by atoms with Crippen molar-refractivity contribution in [3.63, 3.8) is 0 Å². The first kappa shape index (κ1) is 18.7. The minimum atomic E-state index is 0. The van der Waals surface area contributed by atoms with Gasteiger partial charge in [-0.25, -0.2) is 0 Å². The van der Waals surface area contributed by atoms with Crippen molar-refractivity contribution in [1.29, 1.82) is 0 Å². The molecule has 0 atom stereocenters. The molecule has 0 spiro atoms. The largest absolute Gasteiger partial charge is 0.377 e. The Labute approximate surface area is 134 Å². The van der Waals surface area contributed by atoms with Crippen LogP contribution in [0.2, 0.25) is 0 Å².